The van der Waals surface area contributed by atoms with Crippen LogP contribution in [0.5, 0.6) is 0 Å². The minimum Gasteiger partial charge on any atom is -0.368 e. The zero-order valence-electron chi connectivity index (χ0n) is 12.5. The third-order valence-electron chi connectivity index (χ3n) is 3.89. The van der Waals surface area contributed by atoms with Crippen molar-refractivity contribution in [2.24, 2.45) is 5.73 Å². The molecule has 0 aliphatic carbocycles. The number of aryl methyl sites for hydroxylation is 1. The van der Waals surface area contributed by atoms with E-state index in [0.717, 1.165) is 4.90 Å². The summed E-state index contributed by atoms with van der Waals surface area (Å²) in [6.07, 6.45) is 0. The van der Waals surface area contributed by atoms with Gasteiger partial charge >= 0.3 is 0 Å². The second-order valence-corrected chi connectivity index (χ2v) is 5.78. The Labute approximate surface area is 140 Å². The normalized spacial score (nSPS) is 16.8. The first-order valence-corrected chi connectivity index (χ1v) is 7.31. The molecular weight excluding hydrogens is 344 g/mol. The lowest BCUT2D eigenvalue weighted by Gasteiger charge is -2.34. The zero-order chi connectivity index (χ0) is 17.6. The quantitative estimate of drug-likeness (QED) is 0.814. The van der Waals surface area contributed by atoms with Crippen LogP contribution in [-0.4, -0.2) is 37.5 Å². The molecule has 2 aromatic rings. The molecule has 0 saturated heterocycles. The van der Waals surface area contributed by atoms with Gasteiger partial charge in [0.1, 0.15) is 23.5 Å². The molecular formula is C14H12ClF2N5O2. The molecule has 10 heteroatoms. The maximum absolute atomic E-state index is 14.0. The monoisotopic (exact) mass is 355 g/mol. The Hall–Kier alpha value is -2.55. The van der Waals surface area contributed by atoms with Gasteiger partial charge in [0.2, 0.25) is 5.91 Å². The first-order valence-electron chi connectivity index (χ1n) is 6.93. The predicted molar refractivity (Wildman–Crippen MR) is 79.0 cm³/mol. The summed E-state index contributed by atoms with van der Waals surface area (Å²) < 4.78 is 29.3. The standard InChI is InChI=1S/C14H12ClF2N5O2/c1-6-19-20-12-5-22(11(13(18)23)4-21(6)12)14(24)7-2-10(17)8(15)3-9(7)16/h2-3,11H,4-5H2,1H3,(H2,18,23). The number of hydrogen-bond acceptors (Lipinski definition) is 4. The van der Waals surface area contributed by atoms with Crippen molar-refractivity contribution < 1.29 is 18.4 Å². The van der Waals surface area contributed by atoms with Crippen LogP contribution in [0.3, 0.4) is 0 Å². The lowest BCUT2D eigenvalue weighted by molar-refractivity contribution is -0.123. The Bertz CT molecular complexity index is 854. The number of fused-ring (bicyclic) bond motifs is 1. The Balaban J connectivity index is 2.02. The molecule has 24 heavy (non-hydrogen) atoms. The number of amides is 2. The van der Waals surface area contributed by atoms with Crippen LogP contribution in [0.25, 0.3) is 0 Å². The summed E-state index contributed by atoms with van der Waals surface area (Å²) in [5, 5.41) is 7.34. The van der Waals surface area contributed by atoms with E-state index in [4.69, 9.17) is 17.3 Å². The van der Waals surface area contributed by atoms with Crippen molar-refractivity contribution in [3.63, 3.8) is 0 Å². The van der Waals surface area contributed by atoms with Gasteiger partial charge in [0.05, 0.1) is 23.7 Å². The highest BCUT2D eigenvalue weighted by Gasteiger charge is 2.36. The second-order valence-electron chi connectivity index (χ2n) is 5.37. The minimum atomic E-state index is -1.03. The number of aromatic nitrogens is 3. The fourth-order valence-electron chi connectivity index (χ4n) is 2.61. The lowest BCUT2D eigenvalue weighted by Crippen LogP contribution is -2.53. The van der Waals surface area contributed by atoms with Crippen molar-refractivity contribution in [3.05, 3.63) is 46.0 Å². The number of primary amides is 1. The van der Waals surface area contributed by atoms with Crippen LogP contribution in [0.2, 0.25) is 5.02 Å². The maximum Gasteiger partial charge on any atom is 0.258 e. The number of nitrogens with zero attached hydrogens (tertiary/aromatic N) is 4. The van der Waals surface area contributed by atoms with Crippen LogP contribution < -0.4 is 5.73 Å². The largest absolute Gasteiger partial charge is 0.368 e. The lowest BCUT2D eigenvalue weighted by atomic mass is 10.1. The van der Waals surface area contributed by atoms with Gasteiger partial charge < -0.3 is 15.2 Å². The number of hydrogen-bond donors (Lipinski definition) is 1. The summed E-state index contributed by atoms with van der Waals surface area (Å²) in [6.45, 7) is 1.64. The molecule has 3 rings (SSSR count). The van der Waals surface area contributed by atoms with Gasteiger partial charge in [0.25, 0.3) is 5.91 Å². The van der Waals surface area contributed by atoms with Gasteiger partial charge in [-0.25, -0.2) is 8.78 Å². The van der Waals surface area contributed by atoms with Gasteiger partial charge in [0, 0.05) is 0 Å². The predicted octanol–water partition coefficient (Wildman–Crippen LogP) is 1.03. The molecule has 2 N–H and O–H groups in total. The van der Waals surface area contributed by atoms with Crippen molar-refractivity contribution >= 4 is 23.4 Å². The summed E-state index contributed by atoms with van der Waals surface area (Å²) in [4.78, 5) is 25.4. The minimum absolute atomic E-state index is 0.0485. The molecule has 1 aliphatic rings. The van der Waals surface area contributed by atoms with E-state index < -0.39 is 40.1 Å². The van der Waals surface area contributed by atoms with E-state index in [0.29, 0.717) is 23.8 Å². The molecule has 126 valence electrons. The Morgan fingerprint density at radius 2 is 2.00 bits per heavy atom. The van der Waals surface area contributed by atoms with Crippen LogP contribution in [0.4, 0.5) is 8.78 Å². The highest BCUT2D eigenvalue weighted by Crippen LogP contribution is 2.24. The van der Waals surface area contributed by atoms with E-state index in [1.54, 1.807) is 11.5 Å². The van der Waals surface area contributed by atoms with Crippen LogP contribution in [0.1, 0.15) is 22.0 Å². The van der Waals surface area contributed by atoms with E-state index >= 15 is 0 Å². The van der Waals surface area contributed by atoms with E-state index in [1.807, 2.05) is 0 Å². The van der Waals surface area contributed by atoms with Crippen molar-refractivity contribution in [1.82, 2.24) is 19.7 Å². The van der Waals surface area contributed by atoms with Gasteiger partial charge in [-0.1, -0.05) is 11.6 Å². The third kappa shape index (κ3) is 2.60. The van der Waals surface area contributed by atoms with E-state index in [2.05, 4.69) is 10.2 Å². The van der Waals surface area contributed by atoms with Crippen LogP contribution in [0, 0.1) is 18.6 Å². The number of carbonyl (C=O) groups excluding carboxylic acids is 2. The summed E-state index contributed by atoms with van der Waals surface area (Å²) in [6, 6.07) is 0.376. The molecule has 0 spiro atoms. The van der Waals surface area contributed by atoms with Crippen LogP contribution in [0.15, 0.2) is 12.1 Å². The molecule has 1 aliphatic heterocycles. The fourth-order valence-corrected chi connectivity index (χ4v) is 2.76. The summed E-state index contributed by atoms with van der Waals surface area (Å²) in [5.41, 5.74) is 4.83. The molecule has 1 unspecified atom stereocenters. The number of rotatable bonds is 2. The van der Waals surface area contributed by atoms with Gasteiger partial charge in [-0.3, -0.25) is 9.59 Å². The summed E-state index contributed by atoms with van der Waals surface area (Å²) in [7, 11) is 0. The first-order chi connectivity index (χ1) is 11.3. The van der Waals surface area contributed by atoms with Crippen LogP contribution >= 0.6 is 11.6 Å². The highest BCUT2D eigenvalue weighted by molar-refractivity contribution is 6.30. The van der Waals surface area contributed by atoms with Gasteiger partial charge in [0.15, 0.2) is 5.82 Å². The molecule has 7 nitrogen and oxygen atoms in total. The average molecular weight is 356 g/mol. The van der Waals surface area contributed by atoms with Crippen molar-refractivity contribution in [2.45, 2.75) is 26.1 Å². The Morgan fingerprint density at radius 1 is 1.29 bits per heavy atom. The Morgan fingerprint density at radius 3 is 2.67 bits per heavy atom. The van der Waals surface area contributed by atoms with E-state index in [1.165, 1.54) is 0 Å². The highest BCUT2D eigenvalue weighted by atomic mass is 35.5. The summed E-state index contributed by atoms with van der Waals surface area (Å²) >= 11 is 5.49. The van der Waals surface area contributed by atoms with Gasteiger partial charge in [-0.15, -0.1) is 10.2 Å². The van der Waals surface area contributed by atoms with Crippen molar-refractivity contribution in [2.75, 3.05) is 0 Å². The number of carbonyl (C=O) groups is 2. The number of benzene rings is 1. The van der Waals surface area contributed by atoms with E-state index in [9.17, 15) is 18.4 Å². The van der Waals surface area contributed by atoms with Gasteiger partial charge in [-0.2, -0.15) is 0 Å². The molecule has 0 fully saturated rings. The fraction of sp³-hybridized carbons (Fsp3) is 0.286. The SMILES string of the molecule is Cc1nnc2n1CC(C(N)=O)N(C(=O)c1cc(F)c(Cl)cc1F)C2. The van der Waals surface area contributed by atoms with E-state index in [-0.39, 0.29) is 13.1 Å². The topological polar surface area (TPSA) is 94.1 Å². The number of halogens is 3. The zero-order valence-corrected chi connectivity index (χ0v) is 13.2. The smallest absolute Gasteiger partial charge is 0.258 e. The molecule has 0 bridgehead atoms. The van der Waals surface area contributed by atoms with Crippen molar-refractivity contribution in [1.29, 1.82) is 0 Å². The number of nitrogens with two attached hydrogens (primary N) is 1. The summed E-state index contributed by atoms with van der Waals surface area (Å²) in [5.74, 6) is -2.58. The molecule has 1 aromatic carbocycles. The molecule has 0 radical (unpaired) electrons. The molecule has 2 heterocycles. The van der Waals surface area contributed by atoms with Crippen LogP contribution in [-0.2, 0) is 17.9 Å². The Kier molecular flexibility index (Phi) is 3.96. The second kappa shape index (κ2) is 5.82. The van der Waals surface area contributed by atoms with Gasteiger partial charge in [-0.05, 0) is 19.1 Å². The molecule has 0 saturated carbocycles. The average Bonchev–Trinajstić information content (AvgIpc) is 2.89. The maximum atomic E-state index is 14.0. The third-order valence-corrected chi connectivity index (χ3v) is 4.18. The molecule has 1 aromatic heterocycles. The first kappa shape index (κ1) is 16.3. The molecule has 1 atom stereocenters. The van der Waals surface area contributed by atoms with Crippen molar-refractivity contribution in [3.8, 4) is 0 Å². The molecule has 2 amide bonds.